The van der Waals surface area contributed by atoms with E-state index in [1.165, 1.54) is 11.3 Å². The van der Waals surface area contributed by atoms with Gasteiger partial charge in [-0.1, -0.05) is 30.3 Å². The zero-order valence-corrected chi connectivity index (χ0v) is 23.1. The second kappa shape index (κ2) is 12.6. The molecule has 38 heavy (non-hydrogen) atoms. The van der Waals surface area contributed by atoms with Crippen molar-refractivity contribution in [2.45, 2.75) is 33.2 Å². The standard InChI is InChI=1S/C31H39N3O4/c1-6-36-28-19-24(20-29(37-7-2)30(28)38-8-3)31(35)32-21-27(23-13-15-25(16-14-23)33(4)5)34-18-17-22-11-9-10-12-26(22)34/h9-16,19-20,27H,6-8,17-18,21H2,1-5H3,(H,32,35). The molecule has 0 radical (unpaired) electrons. The van der Waals surface area contributed by atoms with Crippen molar-refractivity contribution in [3.05, 3.63) is 77.4 Å². The number of nitrogens with zero attached hydrogens (tertiary/aromatic N) is 2. The number of para-hydroxylation sites is 1. The zero-order chi connectivity index (χ0) is 27.1. The Balaban J connectivity index is 1.62. The molecule has 4 rings (SSSR count). The molecule has 7 heteroatoms. The van der Waals surface area contributed by atoms with Crippen LogP contribution >= 0.6 is 0 Å². The Morgan fingerprint density at radius 1 is 0.921 bits per heavy atom. The molecular formula is C31H39N3O4. The number of rotatable bonds is 12. The van der Waals surface area contributed by atoms with Crippen LogP contribution in [0.4, 0.5) is 11.4 Å². The Bertz CT molecular complexity index is 1200. The topological polar surface area (TPSA) is 63.3 Å². The zero-order valence-electron chi connectivity index (χ0n) is 23.1. The van der Waals surface area contributed by atoms with Crippen molar-refractivity contribution in [3.8, 4) is 17.2 Å². The van der Waals surface area contributed by atoms with Gasteiger partial charge >= 0.3 is 0 Å². The number of nitrogens with one attached hydrogen (secondary N) is 1. The van der Waals surface area contributed by atoms with E-state index in [1.807, 2.05) is 34.9 Å². The Morgan fingerprint density at radius 3 is 2.16 bits per heavy atom. The highest BCUT2D eigenvalue weighted by Gasteiger charge is 2.28. The van der Waals surface area contributed by atoms with E-state index in [2.05, 4.69) is 63.6 Å². The van der Waals surface area contributed by atoms with Crippen LogP contribution < -0.4 is 29.3 Å². The predicted octanol–water partition coefficient (Wildman–Crippen LogP) is 5.48. The van der Waals surface area contributed by atoms with Crippen LogP contribution in [0, 0.1) is 0 Å². The molecule has 202 valence electrons. The van der Waals surface area contributed by atoms with Gasteiger partial charge in [0.05, 0.1) is 25.9 Å². The number of carbonyl (C=O) groups is 1. The van der Waals surface area contributed by atoms with Crippen LogP contribution in [0.2, 0.25) is 0 Å². The van der Waals surface area contributed by atoms with Crippen molar-refractivity contribution in [3.63, 3.8) is 0 Å². The van der Waals surface area contributed by atoms with Gasteiger partial charge in [-0.2, -0.15) is 0 Å². The fraction of sp³-hybridized carbons (Fsp3) is 0.387. The van der Waals surface area contributed by atoms with Crippen LogP contribution in [0.25, 0.3) is 0 Å². The van der Waals surface area contributed by atoms with Gasteiger partial charge in [0.15, 0.2) is 11.5 Å². The number of anilines is 2. The van der Waals surface area contributed by atoms with Gasteiger partial charge in [-0.05, 0) is 68.7 Å². The van der Waals surface area contributed by atoms with E-state index in [9.17, 15) is 4.79 Å². The third-order valence-electron chi connectivity index (χ3n) is 6.72. The fourth-order valence-electron chi connectivity index (χ4n) is 4.90. The van der Waals surface area contributed by atoms with Gasteiger partial charge in [0.1, 0.15) is 0 Å². The summed E-state index contributed by atoms with van der Waals surface area (Å²) in [6.45, 7) is 8.46. The van der Waals surface area contributed by atoms with E-state index in [0.29, 0.717) is 49.2 Å². The molecule has 0 aliphatic carbocycles. The number of fused-ring (bicyclic) bond motifs is 1. The summed E-state index contributed by atoms with van der Waals surface area (Å²) in [6.07, 6.45) is 0.991. The first-order chi connectivity index (χ1) is 18.5. The number of hydrogen-bond donors (Lipinski definition) is 1. The second-order valence-corrected chi connectivity index (χ2v) is 9.38. The summed E-state index contributed by atoms with van der Waals surface area (Å²) in [4.78, 5) is 18.0. The maximum atomic E-state index is 13.5. The molecule has 0 spiro atoms. The smallest absolute Gasteiger partial charge is 0.251 e. The molecule has 0 saturated carbocycles. The highest BCUT2D eigenvalue weighted by atomic mass is 16.5. The predicted molar refractivity (Wildman–Crippen MR) is 153 cm³/mol. The van der Waals surface area contributed by atoms with Gasteiger partial charge in [0.2, 0.25) is 5.75 Å². The van der Waals surface area contributed by atoms with Crippen molar-refractivity contribution in [1.82, 2.24) is 5.32 Å². The molecule has 1 N–H and O–H groups in total. The highest BCUT2D eigenvalue weighted by Crippen LogP contribution is 2.39. The average Bonchev–Trinajstić information content (AvgIpc) is 3.35. The molecule has 0 saturated heterocycles. The molecule has 0 fully saturated rings. The van der Waals surface area contributed by atoms with E-state index in [1.54, 1.807) is 12.1 Å². The minimum absolute atomic E-state index is 0.0146. The summed E-state index contributed by atoms with van der Waals surface area (Å²) >= 11 is 0. The third-order valence-corrected chi connectivity index (χ3v) is 6.72. The minimum atomic E-state index is -0.183. The van der Waals surface area contributed by atoms with Crippen LogP contribution in [-0.2, 0) is 6.42 Å². The van der Waals surface area contributed by atoms with Crippen LogP contribution in [0.15, 0.2) is 60.7 Å². The fourth-order valence-corrected chi connectivity index (χ4v) is 4.90. The van der Waals surface area contributed by atoms with E-state index in [4.69, 9.17) is 14.2 Å². The summed E-state index contributed by atoms with van der Waals surface area (Å²) in [7, 11) is 4.07. The first kappa shape index (κ1) is 27.2. The van der Waals surface area contributed by atoms with Gasteiger partial charge in [0, 0.05) is 44.1 Å². The van der Waals surface area contributed by atoms with E-state index >= 15 is 0 Å². The molecule has 1 unspecified atom stereocenters. The SMILES string of the molecule is CCOc1cc(C(=O)NCC(c2ccc(N(C)C)cc2)N2CCc3ccccc32)cc(OCC)c1OCC. The largest absolute Gasteiger partial charge is 0.490 e. The first-order valence-electron chi connectivity index (χ1n) is 13.4. The Kier molecular flexibility index (Phi) is 9.00. The number of benzene rings is 3. The molecule has 1 aliphatic rings. The van der Waals surface area contributed by atoms with Crippen molar-refractivity contribution >= 4 is 17.3 Å². The van der Waals surface area contributed by atoms with Crippen molar-refractivity contribution in [1.29, 1.82) is 0 Å². The lowest BCUT2D eigenvalue weighted by molar-refractivity contribution is 0.0950. The van der Waals surface area contributed by atoms with Crippen molar-refractivity contribution in [2.24, 2.45) is 0 Å². The normalized spacial score (nSPS) is 13.0. The van der Waals surface area contributed by atoms with E-state index < -0.39 is 0 Å². The number of ether oxygens (including phenoxy) is 3. The molecule has 1 aliphatic heterocycles. The summed E-state index contributed by atoms with van der Waals surface area (Å²) in [5.74, 6) is 1.36. The van der Waals surface area contributed by atoms with Gasteiger partial charge in [-0.3, -0.25) is 4.79 Å². The number of hydrogen-bond acceptors (Lipinski definition) is 6. The highest BCUT2D eigenvalue weighted by molar-refractivity contribution is 5.95. The van der Waals surface area contributed by atoms with E-state index in [0.717, 1.165) is 24.2 Å². The molecular weight excluding hydrogens is 478 g/mol. The minimum Gasteiger partial charge on any atom is -0.490 e. The lowest BCUT2D eigenvalue weighted by Crippen LogP contribution is -2.37. The lowest BCUT2D eigenvalue weighted by Gasteiger charge is -2.31. The Hall–Kier alpha value is -3.87. The second-order valence-electron chi connectivity index (χ2n) is 9.38. The van der Waals surface area contributed by atoms with Gasteiger partial charge in [0.25, 0.3) is 5.91 Å². The number of amides is 1. The molecule has 3 aromatic carbocycles. The summed E-state index contributed by atoms with van der Waals surface area (Å²) in [6, 6.07) is 20.5. The van der Waals surface area contributed by atoms with Crippen molar-refractivity contribution < 1.29 is 19.0 Å². The van der Waals surface area contributed by atoms with Gasteiger partial charge in [-0.25, -0.2) is 0 Å². The average molecular weight is 518 g/mol. The maximum absolute atomic E-state index is 13.5. The summed E-state index contributed by atoms with van der Waals surface area (Å²) < 4.78 is 17.4. The van der Waals surface area contributed by atoms with Gasteiger partial charge < -0.3 is 29.3 Å². The lowest BCUT2D eigenvalue weighted by atomic mass is 10.0. The number of carbonyl (C=O) groups excluding carboxylic acids is 1. The molecule has 7 nitrogen and oxygen atoms in total. The molecule has 1 heterocycles. The maximum Gasteiger partial charge on any atom is 0.251 e. The molecule has 3 aromatic rings. The van der Waals surface area contributed by atoms with Crippen LogP contribution in [0.1, 0.15) is 48.3 Å². The quantitative estimate of drug-likeness (QED) is 0.343. The van der Waals surface area contributed by atoms with Gasteiger partial charge in [-0.15, -0.1) is 0 Å². The molecule has 0 aromatic heterocycles. The first-order valence-corrected chi connectivity index (χ1v) is 13.4. The van der Waals surface area contributed by atoms with E-state index in [-0.39, 0.29) is 11.9 Å². The molecule has 1 amide bonds. The van der Waals surface area contributed by atoms with Crippen molar-refractivity contribution in [2.75, 3.05) is 56.8 Å². The van der Waals surface area contributed by atoms with Crippen LogP contribution in [-0.4, -0.2) is 52.9 Å². The summed E-state index contributed by atoms with van der Waals surface area (Å²) in [5.41, 5.74) is 5.33. The molecule has 1 atom stereocenters. The summed E-state index contributed by atoms with van der Waals surface area (Å²) in [5, 5.41) is 3.19. The Morgan fingerprint density at radius 2 is 1.55 bits per heavy atom. The monoisotopic (exact) mass is 517 g/mol. The van der Waals surface area contributed by atoms with Crippen LogP contribution in [0.5, 0.6) is 17.2 Å². The van der Waals surface area contributed by atoms with Crippen LogP contribution in [0.3, 0.4) is 0 Å². The third kappa shape index (κ3) is 5.98. The molecule has 0 bridgehead atoms. The Labute approximate surface area is 226 Å².